The third kappa shape index (κ3) is 3.37. The van der Waals surface area contributed by atoms with Crippen LogP contribution < -0.4 is 4.72 Å². The van der Waals surface area contributed by atoms with Gasteiger partial charge in [-0.1, -0.05) is 21.1 Å². The predicted molar refractivity (Wildman–Crippen MR) is 67.2 cm³/mol. The van der Waals surface area contributed by atoms with Gasteiger partial charge in [-0.3, -0.25) is 0 Å². The molecule has 9 heteroatoms. The first-order valence-electron chi connectivity index (χ1n) is 5.12. The third-order valence-corrected chi connectivity index (χ3v) is 4.09. The molecule has 0 saturated carbocycles. The van der Waals surface area contributed by atoms with Crippen LogP contribution in [0.3, 0.4) is 0 Å². The molecule has 0 spiro atoms. The van der Waals surface area contributed by atoms with E-state index in [-0.39, 0.29) is 12.4 Å². The molecule has 0 aliphatic carbocycles. The van der Waals surface area contributed by atoms with Crippen LogP contribution in [0.4, 0.5) is 4.39 Å². The minimum atomic E-state index is -3.97. The number of hydrogen-bond acceptors (Lipinski definition) is 5. The zero-order valence-corrected chi connectivity index (χ0v) is 12.1. The summed E-state index contributed by atoms with van der Waals surface area (Å²) in [6, 6.07) is 3.68. The van der Waals surface area contributed by atoms with Gasteiger partial charge in [-0.15, -0.1) is 0 Å². The van der Waals surface area contributed by atoms with E-state index >= 15 is 0 Å². The van der Waals surface area contributed by atoms with E-state index < -0.39 is 20.7 Å². The summed E-state index contributed by atoms with van der Waals surface area (Å²) in [5, 5.41) is 3.52. The molecule has 2 rings (SSSR count). The van der Waals surface area contributed by atoms with Crippen LogP contribution in [0.1, 0.15) is 11.7 Å². The number of halogens is 2. The number of hydrogen-bond donors (Lipinski definition) is 1. The summed E-state index contributed by atoms with van der Waals surface area (Å²) < 4.78 is 44.7. The van der Waals surface area contributed by atoms with Gasteiger partial charge in [0.25, 0.3) is 0 Å². The molecule has 6 nitrogen and oxygen atoms in total. The van der Waals surface area contributed by atoms with Gasteiger partial charge in [0.1, 0.15) is 10.7 Å². The Bertz CT molecular complexity index is 702. The van der Waals surface area contributed by atoms with Gasteiger partial charge in [0.2, 0.25) is 15.9 Å². The van der Waals surface area contributed by atoms with Crippen LogP contribution in [0.2, 0.25) is 0 Å². The average molecular weight is 350 g/mol. The van der Waals surface area contributed by atoms with E-state index in [1.165, 1.54) is 12.1 Å². The number of nitrogens with zero attached hydrogens (tertiary/aromatic N) is 2. The van der Waals surface area contributed by atoms with Gasteiger partial charge in [-0.2, -0.15) is 4.98 Å². The lowest BCUT2D eigenvalue weighted by Crippen LogP contribution is -2.24. The van der Waals surface area contributed by atoms with E-state index in [4.69, 9.17) is 4.52 Å². The van der Waals surface area contributed by atoms with Crippen LogP contribution in [0.15, 0.2) is 32.1 Å². The Kier molecular flexibility index (Phi) is 3.97. The summed E-state index contributed by atoms with van der Waals surface area (Å²) in [6.45, 7) is 1.41. The average Bonchev–Trinajstić information content (AvgIpc) is 2.72. The standard InChI is InChI=1S/C10H9BrFN3O3S/c1-6-14-10(18-15-6)5-13-19(16,17)9-3-2-7(11)4-8(9)12/h2-4,13H,5H2,1H3. The molecule has 2 aromatic rings. The summed E-state index contributed by atoms with van der Waals surface area (Å²) >= 11 is 3.05. The number of rotatable bonds is 4. The van der Waals surface area contributed by atoms with Crippen molar-refractivity contribution in [3.8, 4) is 0 Å². The van der Waals surface area contributed by atoms with Gasteiger partial charge < -0.3 is 4.52 Å². The lowest BCUT2D eigenvalue weighted by atomic mass is 10.3. The van der Waals surface area contributed by atoms with Gasteiger partial charge in [0.15, 0.2) is 5.82 Å². The van der Waals surface area contributed by atoms with Crippen molar-refractivity contribution in [3.05, 3.63) is 40.2 Å². The molecule has 0 saturated heterocycles. The summed E-state index contributed by atoms with van der Waals surface area (Å²) in [4.78, 5) is 3.40. The van der Waals surface area contributed by atoms with Crippen molar-refractivity contribution in [1.29, 1.82) is 0 Å². The minimum Gasteiger partial charge on any atom is -0.338 e. The van der Waals surface area contributed by atoms with Gasteiger partial charge in [-0.25, -0.2) is 17.5 Å². The molecule has 102 valence electrons. The van der Waals surface area contributed by atoms with E-state index in [2.05, 4.69) is 30.8 Å². The van der Waals surface area contributed by atoms with Crippen LogP contribution in [-0.4, -0.2) is 18.6 Å². The molecule has 0 unspecified atom stereocenters. The van der Waals surface area contributed by atoms with Crippen molar-refractivity contribution in [2.24, 2.45) is 0 Å². The monoisotopic (exact) mass is 349 g/mol. The molecule has 0 amide bonds. The van der Waals surface area contributed by atoms with Crippen LogP contribution in [0.5, 0.6) is 0 Å². The molecule has 1 heterocycles. The van der Waals surface area contributed by atoms with Crippen LogP contribution in [-0.2, 0) is 16.6 Å². The highest BCUT2D eigenvalue weighted by Gasteiger charge is 2.19. The Balaban J connectivity index is 2.18. The lowest BCUT2D eigenvalue weighted by Gasteiger charge is -2.05. The Morgan fingerprint density at radius 2 is 2.21 bits per heavy atom. The van der Waals surface area contributed by atoms with Crippen molar-refractivity contribution in [2.45, 2.75) is 18.4 Å². The fraction of sp³-hybridized carbons (Fsp3) is 0.200. The number of sulfonamides is 1. The summed E-state index contributed by atoms with van der Waals surface area (Å²) in [6.07, 6.45) is 0. The van der Waals surface area contributed by atoms with Gasteiger partial charge >= 0.3 is 0 Å². The van der Waals surface area contributed by atoms with Crippen LogP contribution in [0.25, 0.3) is 0 Å². The molecule has 0 atom stereocenters. The van der Waals surface area contributed by atoms with Crippen LogP contribution >= 0.6 is 15.9 Å². The van der Waals surface area contributed by atoms with Crippen molar-refractivity contribution < 1.29 is 17.3 Å². The first kappa shape index (κ1) is 14.1. The van der Waals surface area contributed by atoms with Crippen molar-refractivity contribution in [1.82, 2.24) is 14.9 Å². The molecule has 1 aromatic carbocycles. The first-order chi connectivity index (χ1) is 8.88. The molecule has 19 heavy (non-hydrogen) atoms. The summed E-state index contributed by atoms with van der Waals surface area (Å²) in [7, 11) is -3.97. The van der Waals surface area contributed by atoms with Gasteiger partial charge in [0, 0.05) is 4.47 Å². The Labute approximate surface area is 117 Å². The fourth-order valence-corrected chi connectivity index (χ4v) is 2.70. The van der Waals surface area contributed by atoms with E-state index in [0.29, 0.717) is 10.3 Å². The molecule has 0 aliphatic rings. The number of aromatic nitrogens is 2. The second-order valence-electron chi connectivity index (χ2n) is 3.63. The maximum atomic E-state index is 13.6. The van der Waals surface area contributed by atoms with Gasteiger partial charge in [-0.05, 0) is 25.1 Å². The highest BCUT2D eigenvalue weighted by Crippen LogP contribution is 2.19. The number of benzene rings is 1. The molecule has 0 fully saturated rings. The molecule has 1 N–H and O–H groups in total. The molecule has 0 aliphatic heterocycles. The van der Waals surface area contributed by atoms with Crippen LogP contribution in [0, 0.1) is 12.7 Å². The third-order valence-electron chi connectivity index (χ3n) is 2.17. The number of aryl methyl sites for hydroxylation is 1. The molecular formula is C10H9BrFN3O3S. The van der Waals surface area contributed by atoms with Gasteiger partial charge in [0.05, 0.1) is 6.54 Å². The molecule has 1 aromatic heterocycles. The zero-order chi connectivity index (χ0) is 14.0. The quantitative estimate of drug-likeness (QED) is 0.908. The second kappa shape index (κ2) is 5.35. The smallest absolute Gasteiger partial charge is 0.243 e. The maximum absolute atomic E-state index is 13.6. The van der Waals surface area contributed by atoms with E-state index in [1.807, 2.05) is 0 Å². The lowest BCUT2D eigenvalue weighted by molar-refractivity contribution is 0.372. The highest BCUT2D eigenvalue weighted by molar-refractivity contribution is 9.10. The number of nitrogens with one attached hydrogen (secondary N) is 1. The summed E-state index contributed by atoms with van der Waals surface area (Å²) in [5.41, 5.74) is 0. The predicted octanol–water partition coefficient (Wildman–Crippen LogP) is 1.76. The van der Waals surface area contributed by atoms with E-state index in [9.17, 15) is 12.8 Å². The Hall–Kier alpha value is -1.32. The Morgan fingerprint density at radius 1 is 1.47 bits per heavy atom. The van der Waals surface area contributed by atoms with E-state index in [0.717, 1.165) is 6.07 Å². The Morgan fingerprint density at radius 3 is 2.79 bits per heavy atom. The first-order valence-corrected chi connectivity index (χ1v) is 7.40. The fourth-order valence-electron chi connectivity index (χ4n) is 1.34. The normalized spacial score (nSPS) is 11.7. The van der Waals surface area contributed by atoms with Crippen molar-refractivity contribution in [2.75, 3.05) is 0 Å². The summed E-state index contributed by atoms with van der Waals surface area (Å²) in [5.74, 6) is -0.341. The SMILES string of the molecule is Cc1noc(CNS(=O)(=O)c2ccc(Br)cc2F)n1. The minimum absolute atomic E-state index is 0.110. The highest BCUT2D eigenvalue weighted by atomic mass is 79.9. The maximum Gasteiger partial charge on any atom is 0.243 e. The molecular weight excluding hydrogens is 341 g/mol. The molecule has 0 radical (unpaired) electrons. The largest absolute Gasteiger partial charge is 0.338 e. The van der Waals surface area contributed by atoms with E-state index in [1.54, 1.807) is 6.92 Å². The topological polar surface area (TPSA) is 85.1 Å². The second-order valence-corrected chi connectivity index (χ2v) is 6.29. The molecule has 0 bridgehead atoms. The van der Waals surface area contributed by atoms with Crippen molar-refractivity contribution >= 4 is 26.0 Å². The zero-order valence-electron chi connectivity index (χ0n) is 9.72. The van der Waals surface area contributed by atoms with Crippen molar-refractivity contribution in [3.63, 3.8) is 0 Å².